The highest BCUT2D eigenvalue weighted by atomic mass is 35.5. The summed E-state index contributed by atoms with van der Waals surface area (Å²) < 4.78 is 67.2. The van der Waals surface area contributed by atoms with Gasteiger partial charge in [0, 0.05) is 36.2 Å². The second-order valence-electron chi connectivity index (χ2n) is 11.1. The lowest BCUT2D eigenvalue weighted by atomic mass is 9.82. The Balaban J connectivity index is 1.90. The number of rotatable bonds is 15. The van der Waals surface area contributed by atoms with Gasteiger partial charge in [0.1, 0.15) is 25.0 Å². The topological polar surface area (TPSA) is 147 Å². The summed E-state index contributed by atoms with van der Waals surface area (Å²) in [5.74, 6) is -14.7. The molecule has 3 aromatic rings. The number of nitrogens with zero attached hydrogens (tertiary/aromatic N) is 2. The highest BCUT2D eigenvalue weighted by molar-refractivity contribution is 6.30. The fourth-order valence-corrected chi connectivity index (χ4v) is 4.82. The zero-order valence-electron chi connectivity index (χ0n) is 25.6. The van der Waals surface area contributed by atoms with Gasteiger partial charge in [-0.2, -0.15) is 22.0 Å². The van der Waals surface area contributed by atoms with Crippen LogP contribution < -0.4 is 16.0 Å². The van der Waals surface area contributed by atoms with Gasteiger partial charge in [-0.05, 0) is 29.2 Å². The summed E-state index contributed by atoms with van der Waals surface area (Å²) in [6.07, 6.45) is -2.39. The number of carbonyl (C=O) groups excluding carboxylic acids is 5. The largest absolute Gasteiger partial charge is 0.405 e. The molecule has 256 valence electrons. The van der Waals surface area contributed by atoms with E-state index in [2.05, 4.69) is 20.6 Å². The monoisotopic (exact) mass is 695 g/mol. The van der Waals surface area contributed by atoms with Crippen molar-refractivity contribution in [2.24, 2.45) is 11.8 Å². The summed E-state index contributed by atoms with van der Waals surface area (Å²) in [4.78, 5) is 72.9. The van der Waals surface area contributed by atoms with E-state index in [0.29, 0.717) is 10.6 Å². The first kappa shape index (κ1) is 37.7. The first-order chi connectivity index (χ1) is 22.5. The van der Waals surface area contributed by atoms with Gasteiger partial charge >= 0.3 is 12.1 Å². The number of amides is 3. The van der Waals surface area contributed by atoms with Gasteiger partial charge in [-0.3, -0.25) is 24.0 Å². The van der Waals surface area contributed by atoms with Crippen LogP contribution in [0, 0.1) is 11.8 Å². The van der Waals surface area contributed by atoms with Crippen molar-refractivity contribution in [1.82, 2.24) is 25.9 Å². The molecule has 0 radical (unpaired) electrons. The van der Waals surface area contributed by atoms with Crippen molar-refractivity contribution < 1.29 is 45.9 Å². The average Bonchev–Trinajstić information content (AvgIpc) is 3.04. The van der Waals surface area contributed by atoms with Crippen LogP contribution in [0.15, 0.2) is 73.3 Å². The lowest BCUT2D eigenvalue weighted by Gasteiger charge is -2.27. The Bertz CT molecular complexity index is 1610. The van der Waals surface area contributed by atoms with E-state index in [1.54, 1.807) is 30.3 Å². The number of ketones is 2. The minimum absolute atomic E-state index is 0.0237. The molecule has 3 N–H and O–H groups in total. The van der Waals surface area contributed by atoms with Gasteiger partial charge in [0.25, 0.3) is 11.8 Å². The SMILES string of the molecule is CC(C)[C@H](CC(=O)[C@@H](NC(=O)[C@H](Cc1cccc(Cl)c1)NC(=O)c1cncnc1)c1ccccc1)C(=O)C(F)(F)C(=O)NCC(F)(F)F. The van der Waals surface area contributed by atoms with Crippen LogP contribution in [0.4, 0.5) is 22.0 Å². The molecule has 3 rings (SSSR count). The van der Waals surface area contributed by atoms with E-state index in [1.165, 1.54) is 56.8 Å². The van der Waals surface area contributed by atoms with Crippen molar-refractivity contribution in [1.29, 1.82) is 0 Å². The number of carbonyl (C=O) groups is 5. The normalized spacial score (nSPS) is 13.6. The van der Waals surface area contributed by atoms with Crippen LogP contribution in [0.2, 0.25) is 5.02 Å². The Morgan fingerprint density at radius 3 is 2.10 bits per heavy atom. The lowest BCUT2D eigenvalue weighted by molar-refractivity contribution is -0.167. The highest BCUT2D eigenvalue weighted by Gasteiger charge is 2.52. The van der Waals surface area contributed by atoms with E-state index in [-0.39, 0.29) is 17.5 Å². The number of Topliss-reactive ketones (excluding diaryl/α,β-unsaturated/α-hetero) is 2. The number of nitrogens with one attached hydrogen (secondary N) is 3. The van der Waals surface area contributed by atoms with E-state index in [0.717, 1.165) is 5.32 Å². The molecular formula is C32H31ClF5N5O5. The molecule has 1 heterocycles. The fourth-order valence-electron chi connectivity index (χ4n) is 4.61. The van der Waals surface area contributed by atoms with Crippen molar-refractivity contribution in [2.75, 3.05) is 6.54 Å². The molecule has 0 fully saturated rings. The summed E-state index contributed by atoms with van der Waals surface area (Å²) in [6.45, 7) is 0.547. The van der Waals surface area contributed by atoms with Crippen molar-refractivity contribution in [2.45, 2.75) is 50.9 Å². The lowest BCUT2D eigenvalue weighted by Crippen LogP contribution is -2.52. The van der Waals surface area contributed by atoms with Gasteiger partial charge in [-0.25, -0.2) is 9.97 Å². The molecule has 10 nitrogen and oxygen atoms in total. The third kappa shape index (κ3) is 10.6. The molecule has 0 aliphatic rings. The summed E-state index contributed by atoms with van der Waals surface area (Å²) in [5, 5.41) is 6.45. The second-order valence-corrected chi connectivity index (χ2v) is 11.5. The zero-order valence-corrected chi connectivity index (χ0v) is 26.3. The minimum Gasteiger partial charge on any atom is -0.341 e. The van der Waals surface area contributed by atoms with Crippen LogP contribution in [0.5, 0.6) is 0 Å². The molecule has 1 aromatic heterocycles. The molecule has 3 amide bonds. The molecule has 0 spiro atoms. The molecule has 0 aliphatic carbocycles. The molecule has 0 aliphatic heterocycles. The van der Waals surface area contributed by atoms with E-state index >= 15 is 0 Å². The Morgan fingerprint density at radius 2 is 1.52 bits per heavy atom. The first-order valence-electron chi connectivity index (χ1n) is 14.4. The van der Waals surface area contributed by atoms with Gasteiger partial charge in [0.05, 0.1) is 5.56 Å². The zero-order chi connectivity index (χ0) is 35.6. The number of benzene rings is 2. The highest BCUT2D eigenvalue weighted by Crippen LogP contribution is 2.30. The summed E-state index contributed by atoms with van der Waals surface area (Å²) in [6, 6.07) is 11.2. The van der Waals surface area contributed by atoms with Crippen molar-refractivity contribution >= 4 is 40.9 Å². The predicted octanol–water partition coefficient (Wildman–Crippen LogP) is 4.44. The summed E-state index contributed by atoms with van der Waals surface area (Å²) in [7, 11) is 0. The number of hydrogen-bond acceptors (Lipinski definition) is 7. The van der Waals surface area contributed by atoms with Crippen LogP contribution >= 0.6 is 11.6 Å². The van der Waals surface area contributed by atoms with Crippen LogP contribution in [0.3, 0.4) is 0 Å². The Morgan fingerprint density at radius 1 is 0.875 bits per heavy atom. The molecule has 0 unspecified atom stereocenters. The second kappa shape index (κ2) is 16.4. The maximum atomic E-state index is 14.8. The van der Waals surface area contributed by atoms with Crippen molar-refractivity contribution in [3.05, 3.63) is 95.0 Å². The van der Waals surface area contributed by atoms with Crippen LogP contribution in [0.1, 0.15) is 47.8 Å². The van der Waals surface area contributed by atoms with Gasteiger partial charge < -0.3 is 16.0 Å². The van der Waals surface area contributed by atoms with Crippen LogP contribution in [0.25, 0.3) is 0 Å². The molecule has 48 heavy (non-hydrogen) atoms. The molecule has 2 aromatic carbocycles. The number of halogens is 6. The van der Waals surface area contributed by atoms with E-state index in [1.807, 2.05) is 0 Å². The number of aromatic nitrogens is 2. The molecule has 0 saturated carbocycles. The third-order valence-electron chi connectivity index (χ3n) is 7.12. The van der Waals surface area contributed by atoms with Gasteiger partial charge in [0.15, 0.2) is 5.78 Å². The Kier molecular flexibility index (Phi) is 12.8. The van der Waals surface area contributed by atoms with Gasteiger partial charge in [-0.15, -0.1) is 0 Å². The third-order valence-corrected chi connectivity index (χ3v) is 7.36. The molecule has 0 bridgehead atoms. The van der Waals surface area contributed by atoms with E-state index in [4.69, 9.17) is 11.6 Å². The maximum absolute atomic E-state index is 14.8. The fraction of sp³-hybridized carbons (Fsp3) is 0.344. The van der Waals surface area contributed by atoms with Crippen molar-refractivity contribution in [3.8, 4) is 0 Å². The first-order valence-corrected chi connectivity index (χ1v) is 14.8. The maximum Gasteiger partial charge on any atom is 0.405 e. The smallest absolute Gasteiger partial charge is 0.341 e. The van der Waals surface area contributed by atoms with Crippen molar-refractivity contribution in [3.63, 3.8) is 0 Å². The summed E-state index contributed by atoms with van der Waals surface area (Å²) in [5.41, 5.74) is 0.756. The molecule has 16 heteroatoms. The van der Waals surface area contributed by atoms with Crippen LogP contribution in [-0.2, 0) is 25.6 Å². The predicted molar refractivity (Wildman–Crippen MR) is 163 cm³/mol. The minimum atomic E-state index is -5.01. The summed E-state index contributed by atoms with van der Waals surface area (Å²) >= 11 is 6.10. The number of hydrogen-bond donors (Lipinski definition) is 3. The molecule has 0 saturated heterocycles. The van der Waals surface area contributed by atoms with Gasteiger partial charge in [-0.1, -0.05) is 67.9 Å². The van der Waals surface area contributed by atoms with Gasteiger partial charge in [0.2, 0.25) is 11.7 Å². The average molecular weight is 696 g/mol. The molecular weight excluding hydrogens is 665 g/mol. The molecule has 3 atom stereocenters. The van der Waals surface area contributed by atoms with E-state index in [9.17, 15) is 45.9 Å². The standard InChI is InChI=1S/C32H31ClF5N5O5/c1-18(2)23(27(45)32(37,38)30(48)41-16-31(34,35)36)13-25(44)26(20-8-4-3-5-9-20)43-29(47)24(12-19-7-6-10-22(33)11-19)42-28(46)21-14-39-17-40-15-21/h3-11,14-15,17-18,23-24,26H,12-13,16H2,1-2H3,(H,41,48)(H,42,46)(H,43,47)/t23-,24-,26-/m0/s1. The quantitative estimate of drug-likeness (QED) is 0.157. The Labute approximate surface area is 276 Å². The van der Waals surface area contributed by atoms with Crippen LogP contribution in [-0.4, -0.2) is 63.9 Å². The van der Waals surface area contributed by atoms with E-state index < -0.39 is 78.3 Å². The Hall–Kier alpha value is -4.79. The number of alkyl halides is 5.